The average molecular weight is 172 g/mol. The average Bonchev–Trinajstić information content (AvgIpc) is 0.722. The summed E-state index contributed by atoms with van der Waals surface area (Å²) in [6, 6.07) is 0. The van der Waals surface area contributed by atoms with Crippen molar-refractivity contribution in [3.63, 3.8) is 0 Å². The van der Waals surface area contributed by atoms with Gasteiger partial charge in [-0.15, -0.1) is 0 Å². The van der Waals surface area contributed by atoms with E-state index in [1.54, 1.807) is 0 Å². The molecular weight excluding hydrogens is 168 g/mol. The molecule has 8 heteroatoms. The van der Waals surface area contributed by atoms with Gasteiger partial charge in [-0.1, -0.05) is 0 Å². The maximum absolute atomic E-state index is 7.33. The minimum Gasteiger partial charge on any atom is -0.368 e. The molecule has 0 spiro atoms. The minimum absolute atomic E-state index is 0. The fourth-order valence-corrected chi connectivity index (χ4v) is 0. The molecule has 0 aromatic carbocycles. The molecular formula is H4AlMg2O4Si+7. The van der Waals surface area contributed by atoms with Gasteiger partial charge in [0.15, 0.2) is 0 Å². The van der Waals surface area contributed by atoms with E-state index in [-0.39, 0.29) is 63.5 Å². The van der Waals surface area contributed by atoms with Crippen molar-refractivity contribution >= 4 is 72.5 Å². The van der Waals surface area contributed by atoms with Gasteiger partial charge in [0, 0.05) is 0 Å². The first-order valence-electron chi connectivity index (χ1n) is 0.894. The Labute approximate surface area is 90.8 Å². The Bertz CT molecular complexity index is 29.5. The summed E-state index contributed by atoms with van der Waals surface area (Å²) in [6.45, 7) is 0. The third kappa shape index (κ3) is 91.5. The maximum atomic E-state index is 7.33. The van der Waals surface area contributed by atoms with Gasteiger partial charge in [-0.25, -0.2) is 0 Å². The van der Waals surface area contributed by atoms with E-state index < -0.39 is 9.05 Å². The largest absolute Gasteiger partial charge is 3.00 e. The van der Waals surface area contributed by atoms with Crippen molar-refractivity contribution in [2.24, 2.45) is 0 Å². The molecule has 0 aliphatic heterocycles. The van der Waals surface area contributed by atoms with Crippen LogP contribution in [0.25, 0.3) is 0 Å². The van der Waals surface area contributed by atoms with Crippen molar-refractivity contribution in [1.29, 1.82) is 0 Å². The Balaban J connectivity index is -0.0000000267. The van der Waals surface area contributed by atoms with Crippen LogP contribution in [0, 0.1) is 0 Å². The molecule has 0 saturated carbocycles. The Morgan fingerprint density at radius 1 is 0.750 bits per heavy atom. The van der Waals surface area contributed by atoms with Crippen LogP contribution in [0.1, 0.15) is 0 Å². The Kier molecular flexibility index (Phi) is 25.6. The van der Waals surface area contributed by atoms with Crippen molar-refractivity contribution in [1.82, 2.24) is 0 Å². The Morgan fingerprint density at radius 3 is 0.750 bits per heavy atom. The summed E-state index contributed by atoms with van der Waals surface area (Å²) in [5.41, 5.74) is 0. The zero-order valence-electron chi connectivity index (χ0n) is 4.28. The zero-order chi connectivity index (χ0) is 4.50. The van der Waals surface area contributed by atoms with Crippen molar-refractivity contribution < 1.29 is 19.2 Å². The van der Waals surface area contributed by atoms with Crippen LogP contribution < -0.4 is 0 Å². The van der Waals surface area contributed by atoms with E-state index in [1.165, 1.54) is 0 Å². The predicted molar refractivity (Wildman–Crippen MR) is 31.9 cm³/mol. The maximum Gasteiger partial charge on any atom is 3.00 e. The van der Waals surface area contributed by atoms with Gasteiger partial charge in [0.2, 0.25) is 0 Å². The fraction of sp³-hybridized carbons (Fsp3) is 0. The van der Waals surface area contributed by atoms with E-state index in [0.717, 1.165) is 0 Å². The molecule has 0 amide bonds. The summed E-state index contributed by atoms with van der Waals surface area (Å²) >= 11 is 0. The zero-order valence-corrected chi connectivity index (χ0v) is 9.26. The molecule has 4 N–H and O–H groups in total. The van der Waals surface area contributed by atoms with Gasteiger partial charge in [-0.05, 0) is 0 Å². The first-order chi connectivity index (χ1) is 2.00. The van der Waals surface area contributed by atoms with Crippen LogP contribution in [0.3, 0.4) is 0 Å². The molecule has 0 aromatic rings. The first kappa shape index (κ1) is 22.5. The fourth-order valence-electron chi connectivity index (χ4n) is 0. The standard InChI is InChI=1S/Al.2Mg.H4O4Si/c;;;1-5(2,3)4/h;;;1-4H/q+3;2*+2;. The van der Waals surface area contributed by atoms with E-state index in [4.69, 9.17) is 19.2 Å². The van der Waals surface area contributed by atoms with Gasteiger partial charge >= 0.3 is 72.5 Å². The summed E-state index contributed by atoms with van der Waals surface area (Å²) in [6.07, 6.45) is 0. The van der Waals surface area contributed by atoms with Crippen LogP contribution in [-0.2, 0) is 0 Å². The van der Waals surface area contributed by atoms with Crippen molar-refractivity contribution in [2.75, 3.05) is 0 Å². The molecule has 32 valence electrons. The van der Waals surface area contributed by atoms with E-state index in [9.17, 15) is 0 Å². The number of hydrogen-bond donors (Lipinski definition) is 4. The van der Waals surface area contributed by atoms with Crippen LogP contribution >= 0.6 is 0 Å². The van der Waals surface area contributed by atoms with Crippen LogP contribution in [0.15, 0.2) is 0 Å². The van der Waals surface area contributed by atoms with Crippen LogP contribution in [0.2, 0.25) is 0 Å². The van der Waals surface area contributed by atoms with Crippen molar-refractivity contribution in [3.8, 4) is 0 Å². The molecule has 0 rings (SSSR count). The molecule has 0 fully saturated rings. The van der Waals surface area contributed by atoms with E-state index >= 15 is 0 Å². The predicted octanol–water partition coefficient (Wildman–Crippen LogP) is -3.75. The summed E-state index contributed by atoms with van der Waals surface area (Å²) in [7, 11) is -4.61. The number of hydrogen-bond acceptors (Lipinski definition) is 4. The van der Waals surface area contributed by atoms with Gasteiger partial charge < -0.3 is 19.2 Å². The van der Waals surface area contributed by atoms with Gasteiger partial charge in [-0.2, -0.15) is 0 Å². The van der Waals surface area contributed by atoms with Gasteiger partial charge in [0.05, 0.1) is 0 Å². The third-order valence-electron chi connectivity index (χ3n) is 0. The summed E-state index contributed by atoms with van der Waals surface area (Å²) in [5.74, 6) is 0. The molecule has 0 aliphatic carbocycles. The molecule has 0 unspecified atom stereocenters. The van der Waals surface area contributed by atoms with E-state index in [1.807, 2.05) is 0 Å². The van der Waals surface area contributed by atoms with Crippen LogP contribution in [0.4, 0.5) is 0 Å². The molecule has 4 nitrogen and oxygen atoms in total. The summed E-state index contributed by atoms with van der Waals surface area (Å²) in [4.78, 5) is 29.3. The summed E-state index contributed by atoms with van der Waals surface area (Å²) < 4.78 is 0. The smallest absolute Gasteiger partial charge is 0.368 e. The second kappa shape index (κ2) is 9.12. The third-order valence-corrected chi connectivity index (χ3v) is 0. The topological polar surface area (TPSA) is 80.9 Å². The van der Waals surface area contributed by atoms with E-state index in [2.05, 4.69) is 0 Å². The summed E-state index contributed by atoms with van der Waals surface area (Å²) in [5, 5.41) is 0. The molecule has 0 aromatic heterocycles. The van der Waals surface area contributed by atoms with Crippen molar-refractivity contribution in [3.05, 3.63) is 0 Å². The SMILES string of the molecule is O[Si](O)(O)O.[Al+3].[Mg+2].[Mg+2]. The Morgan fingerprint density at radius 2 is 0.750 bits per heavy atom. The Hall–Kier alpha value is 2.12. The van der Waals surface area contributed by atoms with Crippen LogP contribution in [-0.4, -0.2) is 91.7 Å². The van der Waals surface area contributed by atoms with Gasteiger partial charge in [-0.3, -0.25) is 0 Å². The van der Waals surface area contributed by atoms with Gasteiger partial charge in [0.25, 0.3) is 0 Å². The molecule has 0 atom stereocenters. The molecule has 8 heavy (non-hydrogen) atoms. The molecule has 0 saturated heterocycles. The molecule has 0 bridgehead atoms. The van der Waals surface area contributed by atoms with E-state index in [0.29, 0.717) is 0 Å². The minimum atomic E-state index is -4.61. The first-order valence-corrected chi connectivity index (χ1v) is 2.68. The monoisotopic (exact) mass is 171 g/mol. The number of rotatable bonds is 0. The van der Waals surface area contributed by atoms with Gasteiger partial charge in [0.1, 0.15) is 0 Å². The molecule has 0 heterocycles. The quantitative estimate of drug-likeness (QED) is 0.283. The second-order valence-electron chi connectivity index (χ2n) is 0.600. The normalized spacial score (nSPS) is 7.50. The second-order valence-corrected chi connectivity index (χ2v) is 1.80. The molecule has 0 radical (unpaired) electrons. The molecule has 0 aliphatic rings. The van der Waals surface area contributed by atoms with Crippen molar-refractivity contribution in [2.45, 2.75) is 0 Å². The van der Waals surface area contributed by atoms with Crippen LogP contribution in [0.5, 0.6) is 0 Å².